The minimum atomic E-state index is 0.274. The summed E-state index contributed by atoms with van der Waals surface area (Å²) in [6.07, 6.45) is 0. The number of benzene rings is 1. The van der Waals surface area contributed by atoms with E-state index in [0.717, 1.165) is 16.8 Å². The second kappa shape index (κ2) is 5.95. The third-order valence-electron chi connectivity index (χ3n) is 3.02. The minimum absolute atomic E-state index is 0.274. The van der Waals surface area contributed by atoms with Gasteiger partial charge in [0.2, 0.25) is 0 Å². The van der Waals surface area contributed by atoms with Crippen molar-refractivity contribution in [2.75, 3.05) is 5.43 Å². The van der Waals surface area contributed by atoms with Crippen LogP contribution in [-0.2, 0) is 0 Å². The summed E-state index contributed by atoms with van der Waals surface area (Å²) in [7, 11) is 0. The molecular formula is C14H16Cl2N4. The molecule has 0 saturated heterocycles. The Morgan fingerprint density at radius 1 is 1.20 bits per heavy atom. The van der Waals surface area contributed by atoms with Gasteiger partial charge in [0.1, 0.15) is 5.82 Å². The van der Waals surface area contributed by atoms with Crippen molar-refractivity contribution in [3.05, 3.63) is 39.5 Å². The second-order valence-corrected chi connectivity index (χ2v) is 5.66. The van der Waals surface area contributed by atoms with E-state index in [4.69, 9.17) is 29.0 Å². The maximum absolute atomic E-state index is 6.20. The molecule has 0 bridgehead atoms. The summed E-state index contributed by atoms with van der Waals surface area (Å²) < 4.78 is 0. The Labute approximate surface area is 128 Å². The summed E-state index contributed by atoms with van der Waals surface area (Å²) in [5, 5.41) is 1.09. The van der Waals surface area contributed by atoms with Gasteiger partial charge < -0.3 is 5.43 Å². The standard InChI is InChI=1S/C14H16Cl2N4/c1-7(2)12-8(3)18-13(19-14(12)20-17)10-5-4-9(15)6-11(10)16/h4-7H,17H2,1-3H3,(H,18,19,20). The van der Waals surface area contributed by atoms with Crippen LogP contribution in [0.5, 0.6) is 0 Å². The summed E-state index contributed by atoms with van der Waals surface area (Å²) in [4.78, 5) is 8.99. The van der Waals surface area contributed by atoms with Crippen molar-refractivity contribution in [2.24, 2.45) is 5.84 Å². The normalized spacial score (nSPS) is 10.9. The minimum Gasteiger partial charge on any atom is -0.308 e. The molecule has 0 fully saturated rings. The zero-order valence-electron chi connectivity index (χ0n) is 11.5. The number of nitrogens with one attached hydrogen (secondary N) is 1. The number of aryl methyl sites for hydroxylation is 1. The molecule has 20 heavy (non-hydrogen) atoms. The number of nitrogens with zero attached hydrogens (tertiary/aromatic N) is 2. The average Bonchev–Trinajstić information content (AvgIpc) is 2.37. The first-order chi connectivity index (χ1) is 9.43. The van der Waals surface area contributed by atoms with Gasteiger partial charge in [0.05, 0.1) is 5.02 Å². The lowest BCUT2D eigenvalue weighted by Crippen LogP contribution is -2.14. The number of hydrogen-bond donors (Lipinski definition) is 2. The molecule has 0 aliphatic carbocycles. The Morgan fingerprint density at radius 3 is 2.45 bits per heavy atom. The van der Waals surface area contributed by atoms with Crippen molar-refractivity contribution in [2.45, 2.75) is 26.7 Å². The van der Waals surface area contributed by atoms with Gasteiger partial charge in [-0.15, -0.1) is 0 Å². The van der Waals surface area contributed by atoms with Crippen molar-refractivity contribution < 1.29 is 0 Å². The summed E-state index contributed by atoms with van der Waals surface area (Å²) in [5.74, 6) is 6.99. The van der Waals surface area contributed by atoms with Crippen molar-refractivity contribution in [3.63, 3.8) is 0 Å². The SMILES string of the molecule is Cc1nc(-c2ccc(Cl)cc2Cl)nc(NN)c1C(C)C. The maximum atomic E-state index is 6.20. The van der Waals surface area contributed by atoms with Crippen LogP contribution in [-0.4, -0.2) is 9.97 Å². The molecule has 0 aliphatic heterocycles. The molecule has 0 saturated carbocycles. The highest BCUT2D eigenvalue weighted by molar-refractivity contribution is 6.36. The van der Waals surface area contributed by atoms with Gasteiger partial charge in [-0.3, -0.25) is 0 Å². The Morgan fingerprint density at radius 2 is 1.90 bits per heavy atom. The number of hydrazine groups is 1. The van der Waals surface area contributed by atoms with Crippen LogP contribution in [0.15, 0.2) is 18.2 Å². The highest BCUT2D eigenvalue weighted by atomic mass is 35.5. The van der Waals surface area contributed by atoms with Gasteiger partial charge in [0, 0.05) is 21.8 Å². The van der Waals surface area contributed by atoms with Gasteiger partial charge in [-0.05, 0) is 31.0 Å². The fourth-order valence-corrected chi connectivity index (χ4v) is 2.67. The Bertz CT molecular complexity index is 641. The fourth-order valence-electron chi connectivity index (χ4n) is 2.17. The van der Waals surface area contributed by atoms with Gasteiger partial charge in [-0.1, -0.05) is 37.0 Å². The van der Waals surface area contributed by atoms with Crippen molar-refractivity contribution in [1.82, 2.24) is 9.97 Å². The summed E-state index contributed by atoms with van der Waals surface area (Å²) in [5.41, 5.74) is 5.25. The van der Waals surface area contributed by atoms with E-state index < -0.39 is 0 Å². The number of hydrogen-bond acceptors (Lipinski definition) is 4. The zero-order valence-corrected chi connectivity index (χ0v) is 13.0. The van der Waals surface area contributed by atoms with Crippen LogP contribution < -0.4 is 11.3 Å². The van der Waals surface area contributed by atoms with Crippen LogP contribution in [0.2, 0.25) is 10.0 Å². The van der Waals surface area contributed by atoms with Crippen LogP contribution >= 0.6 is 23.2 Å². The Balaban J connectivity index is 2.61. The van der Waals surface area contributed by atoms with Crippen LogP contribution in [0.3, 0.4) is 0 Å². The molecule has 2 rings (SSSR count). The summed E-state index contributed by atoms with van der Waals surface area (Å²) in [6.45, 7) is 6.08. The highest BCUT2D eigenvalue weighted by Crippen LogP contribution is 2.32. The molecule has 106 valence electrons. The van der Waals surface area contributed by atoms with E-state index in [1.165, 1.54) is 0 Å². The number of anilines is 1. The first-order valence-corrected chi connectivity index (χ1v) is 7.00. The van der Waals surface area contributed by atoms with Gasteiger partial charge in [0.15, 0.2) is 5.82 Å². The molecule has 0 unspecified atom stereocenters. The molecule has 1 heterocycles. The maximum Gasteiger partial charge on any atom is 0.163 e. The molecular weight excluding hydrogens is 295 g/mol. The second-order valence-electron chi connectivity index (χ2n) is 4.82. The number of aromatic nitrogens is 2. The van der Waals surface area contributed by atoms with Gasteiger partial charge in [-0.2, -0.15) is 0 Å². The Kier molecular flexibility index (Phi) is 4.48. The predicted octanol–water partition coefficient (Wildman–Crippen LogP) is 4.17. The van der Waals surface area contributed by atoms with Crippen molar-refractivity contribution in [1.29, 1.82) is 0 Å². The molecule has 0 amide bonds. The number of rotatable bonds is 3. The largest absolute Gasteiger partial charge is 0.308 e. The summed E-state index contributed by atoms with van der Waals surface area (Å²) in [6, 6.07) is 5.23. The van der Waals surface area contributed by atoms with E-state index in [-0.39, 0.29) is 5.92 Å². The number of nitrogen functional groups attached to an aromatic ring is 1. The van der Waals surface area contributed by atoms with Crippen molar-refractivity contribution in [3.8, 4) is 11.4 Å². The first-order valence-electron chi connectivity index (χ1n) is 6.24. The molecule has 0 atom stereocenters. The number of halogens is 2. The molecule has 0 radical (unpaired) electrons. The van der Waals surface area contributed by atoms with Gasteiger partial charge in [-0.25, -0.2) is 15.8 Å². The number of nitrogens with two attached hydrogens (primary N) is 1. The fraction of sp³-hybridized carbons (Fsp3) is 0.286. The Hall–Kier alpha value is -1.36. The van der Waals surface area contributed by atoms with E-state index in [9.17, 15) is 0 Å². The third-order valence-corrected chi connectivity index (χ3v) is 3.57. The lowest BCUT2D eigenvalue weighted by atomic mass is 10.0. The molecule has 1 aromatic carbocycles. The van der Waals surface area contributed by atoms with Crippen LogP contribution in [0, 0.1) is 6.92 Å². The monoisotopic (exact) mass is 310 g/mol. The predicted molar refractivity (Wildman–Crippen MR) is 84.1 cm³/mol. The third kappa shape index (κ3) is 2.87. The van der Waals surface area contributed by atoms with E-state index >= 15 is 0 Å². The topological polar surface area (TPSA) is 63.8 Å². The highest BCUT2D eigenvalue weighted by Gasteiger charge is 2.16. The van der Waals surface area contributed by atoms with E-state index in [1.807, 2.05) is 6.92 Å². The molecule has 4 nitrogen and oxygen atoms in total. The quantitative estimate of drug-likeness (QED) is 0.659. The average molecular weight is 311 g/mol. The molecule has 1 aromatic heterocycles. The smallest absolute Gasteiger partial charge is 0.163 e. The molecule has 3 N–H and O–H groups in total. The first kappa shape index (κ1) is 15.0. The summed E-state index contributed by atoms with van der Waals surface area (Å²) >= 11 is 12.1. The van der Waals surface area contributed by atoms with Gasteiger partial charge in [0.25, 0.3) is 0 Å². The molecule has 2 aromatic rings. The molecule has 0 spiro atoms. The van der Waals surface area contributed by atoms with Gasteiger partial charge >= 0.3 is 0 Å². The zero-order chi connectivity index (χ0) is 14.9. The van der Waals surface area contributed by atoms with Crippen LogP contribution in [0.25, 0.3) is 11.4 Å². The lowest BCUT2D eigenvalue weighted by Gasteiger charge is -2.15. The van der Waals surface area contributed by atoms with Crippen LogP contribution in [0.1, 0.15) is 31.0 Å². The molecule has 0 aliphatic rings. The van der Waals surface area contributed by atoms with E-state index in [1.54, 1.807) is 18.2 Å². The van der Waals surface area contributed by atoms with Crippen molar-refractivity contribution >= 4 is 29.0 Å². The van der Waals surface area contributed by atoms with E-state index in [0.29, 0.717) is 21.7 Å². The van der Waals surface area contributed by atoms with Crippen LogP contribution in [0.4, 0.5) is 5.82 Å². The van der Waals surface area contributed by atoms with E-state index in [2.05, 4.69) is 29.2 Å². The lowest BCUT2D eigenvalue weighted by molar-refractivity contribution is 0.832. The molecule has 6 heteroatoms.